The average Bonchev–Trinajstić information content (AvgIpc) is 3.53. The Bertz CT molecular complexity index is 1390. The van der Waals surface area contributed by atoms with E-state index >= 15 is 0 Å². The van der Waals surface area contributed by atoms with E-state index in [-0.39, 0.29) is 5.91 Å². The summed E-state index contributed by atoms with van der Waals surface area (Å²) in [6.07, 6.45) is 6.70. The van der Waals surface area contributed by atoms with Gasteiger partial charge in [0.25, 0.3) is 5.91 Å². The predicted molar refractivity (Wildman–Crippen MR) is 123 cm³/mol. The third kappa shape index (κ3) is 4.18. The lowest BCUT2D eigenvalue weighted by Gasteiger charge is -2.11. The van der Waals surface area contributed by atoms with Crippen LogP contribution >= 0.6 is 0 Å². The normalized spacial score (nSPS) is 10.9. The van der Waals surface area contributed by atoms with Crippen LogP contribution < -0.4 is 10.1 Å². The molecule has 1 aromatic carbocycles. The first-order valence-corrected chi connectivity index (χ1v) is 10.4. The Morgan fingerprint density at radius 2 is 2.03 bits per heavy atom. The third-order valence-electron chi connectivity index (χ3n) is 5.33. The van der Waals surface area contributed by atoms with Crippen molar-refractivity contribution in [1.82, 2.24) is 25.1 Å². The summed E-state index contributed by atoms with van der Waals surface area (Å²) in [4.78, 5) is 22.3. The Balaban J connectivity index is 1.53. The number of methoxy groups -OCH3 is 1. The van der Waals surface area contributed by atoms with E-state index in [2.05, 4.69) is 15.4 Å². The monoisotopic (exact) mass is 439 g/mol. The zero-order valence-corrected chi connectivity index (χ0v) is 17.9. The third-order valence-corrected chi connectivity index (χ3v) is 5.33. The number of hydrogen-bond donors (Lipinski definition) is 1. The van der Waals surface area contributed by atoms with Crippen molar-refractivity contribution in [1.29, 1.82) is 0 Å². The van der Waals surface area contributed by atoms with Gasteiger partial charge in [-0.1, -0.05) is 18.2 Å². The molecule has 8 nitrogen and oxygen atoms in total. The summed E-state index contributed by atoms with van der Waals surface area (Å²) in [6, 6.07) is 16.8. The molecule has 1 amide bonds. The summed E-state index contributed by atoms with van der Waals surface area (Å²) in [5, 5.41) is 8.13. The number of ether oxygens (including phenoxy) is 1. The molecule has 0 fully saturated rings. The van der Waals surface area contributed by atoms with E-state index < -0.39 is 0 Å². The van der Waals surface area contributed by atoms with Gasteiger partial charge in [-0.25, -0.2) is 9.67 Å². The Morgan fingerprint density at radius 1 is 1.12 bits per heavy atom. The summed E-state index contributed by atoms with van der Waals surface area (Å²) < 4.78 is 12.6. The highest BCUT2D eigenvalue weighted by atomic mass is 16.5. The summed E-state index contributed by atoms with van der Waals surface area (Å²) >= 11 is 0. The molecule has 0 aliphatic heterocycles. The molecular weight excluding hydrogens is 418 g/mol. The van der Waals surface area contributed by atoms with Crippen molar-refractivity contribution in [2.75, 3.05) is 7.11 Å². The van der Waals surface area contributed by atoms with Gasteiger partial charge in [-0.15, -0.1) is 0 Å². The minimum absolute atomic E-state index is 0.226. The quantitative estimate of drug-likeness (QED) is 0.411. The lowest BCUT2D eigenvalue weighted by atomic mass is 10.1. The number of pyridine rings is 2. The zero-order chi connectivity index (χ0) is 22.6. The van der Waals surface area contributed by atoms with Crippen molar-refractivity contribution in [3.8, 4) is 17.0 Å². The van der Waals surface area contributed by atoms with Crippen LogP contribution in [0.1, 0.15) is 21.7 Å². The summed E-state index contributed by atoms with van der Waals surface area (Å²) in [5.74, 6) is 1.24. The van der Waals surface area contributed by atoms with E-state index in [0.717, 1.165) is 22.6 Å². The van der Waals surface area contributed by atoms with Gasteiger partial charge in [0.2, 0.25) is 0 Å². The van der Waals surface area contributed by atoms with Crippen LogP contribution in [0.3, 0.4) is 0 Å². The fourth-order valence-corrected chi connectivity index (χ4v) is 3.68. The standard InChI is InChI=1S/C25H21N5O3/c1-32-23-9-3-2-6-18(23)14-27-25(31)20-12-22(17-7-4-10-26-13-17)29-24-21(20)15-28-30(24)16-19-8-5-11-33-19/h2-13,15H,14,16H2,1H3,(H,27,31). The lowest BCUT2D eigenvalue weighted by Crippen LogP contribution is -2.23. The molecule has 0 aliphatic rings. The van der Waals surface area contributed by atoms with Crippen LogP contribution in [0.5, 0.6) is 5.75 Å². The van der Waals surface area contributed by atoms with Crippen LogP contribution in [0.4, 0.5) is 0 Å². The minimum atomic E-state index is -0.226. The largest absolute Gasteiger partial charge is 0.496 e. The fraction of sp³-hybridized carbons (Fsp3) is 0.120. The van der Waals surface area contributed by atoms with Crippen LogP contribution in [0.15, 0.2) is 83.9 Å². The number of benzene rings is 1. The average molecular weight is 439 g/mol. The van der Waals surface area contributed by atoms with Crippen LogP contribution in [0, 0.1) is 0 Å². The molecule has 4 heterocycles. The Morgan fingerprint density at radius 3 is 2.82 bits per heavy atom. The molecule has 5 rings (SSSR count). The van der Waals surface area contributed by atoms with Crippen molar-refractivity contribution in [3.63, 3.8) is 0 Å². The van der Waals surface area contributed by atoms with Gasteiger partial charge in [-0.2, -0.15) is 5.10 Å². The van der Waals surface area contributed by atoms with E-state index in [4.69, 9.17) is 14.1 Å². The van der Waals surface area contributed by atoms with Crippen LogP contribution in [-0.4, -0.2) is 32.8 Å². The van der Waals surface area contributed by atoms with Crippen molar-refractivity contribution in [3.05, 3.63) is 96.3 Å². The van der Waals surface area contributed by atoms with Crippen molar-refractivity contribution in [2.45, 2.75) is 13.1 Å². The van der Waals surface area contributed by atoms with Gasteiger partial charge in [0.15, 0.2) is 5.65 Å². The van der Waals surface area contributed by atoms with E-state index in [1.807, 2.05) is 48.5 Å². The van der Waals surface area contributed by atoms with Gasteiger partial charge >= 0.3 is 0 Å². The highest BCUT2D eigenvalue weighted by Gasteiger charge is 2.18. The molecular formula is C25H21N5O3. The minimum Gasteiger partial charge on any atom is -0.496 e. The maximum absolute atomic E-state index is 13.3. The molecule has 0 radical (unpaired) electrons. The molecule has 0 saturated heterocycles. The van der Waals surface area contributed by atoms with Crippen LogP contribution in [-0.2, 0) is 13.1 Å². The molecule has 0 bridgehead atoms. The molecule has 0 unspecified atom stereocenters. The number of nitrogens with zero attached hydrogens (tertiary/aromatic N) is 4. The molecule has 4 aromatic heterocycles. The molecule has 1 N–H and O–H groups in total. The van der Waals surface area contributed by atoms with Crippen LogP contribution in [0.2, 0.25) is 0 Å². The van der Waals surface area contributed by atoms with E-state index in [1.165, 1.54) is 0 Å². The topological polar surface area (TPSA) is 95.1 Å². The van der Waals surface area contributed by atoms with Gasteiger partial charge in [-0.05, 0) is 36.4 Å². The number of rotatable bonds is 7. The maximum Gasteiger partial charge on any atom is 0.252 e. The number of amides is 1. The van der Waals surface area contributed by atoms with E-state index in [1.54, 1.807) is 42.7 Å². The second-order valence-electron chi connectivity index (χ2n) is 7.41. The Hall–Kier alpha value is -4.46. The number of furan rings is 1. The molecule has 164 valence electrons. The molecule has 0 saturated carbocycles. The summed E-state index contributed by atoms with van der Waals surface area (Å²) in [5.41, 5.74) is 3.41. The van der Waals surface area contributed by atoms with Gasteiger partial charge in [0, 0.05) is 30.1 Å². The number of aromatic nitrogens is 4. The molecule has 0 atom stereocenters. The molecule has 5 aromatic rings. The molecule has 0 spiro atoms. The smallest absolute Gasteiger partial charge is 0.252 e. The Kier molecular flexibility index (Phi) is 5.55. The number of hydrogen-bond acceptors (Lipinski definition) is 6. The predicted octanol–water partition coefficient (Wildman–Crippen LogP) is 4.07. The zero-order valence-electron chi connectivity index (χ0n) is 17.9. The van der Waals surface area contributed by atoms with Gasteiger partial charge in [0.1, 0.15) is 18.1 Å². The number of carbonyl (C=O) groups excluding carboxylic acids is 1. The van der Waals surface area contributed by atoms with Gasteiger partial charge < -0.3 is 14.5 Å². The molecule has 0 aliphatic carbocycles. The molecule has 8 heteroatoms. The lowest BCUT2D eigenvalue weighted by molar-refractivity contribution is 0.0952. The van der Waals surface area contributed by atoms with Gasteiger partial charge in [0.05, 0.1) is 36.2 Å². The summed E-state index contributed by atoms with van der Waals surface area (Å²) in [6.45, 7) is 0.734. The van der Waals surface area contributed by atoms with Crippen molar-refractivity contribution >= 4 is 16.9 Å². The molecule has 33 heavy (non-hydrogen) atoms. The van der Waals surface area contributed by atoms with Crippen molar-refractivity contribution in [2.24, 2.45) is 0 Å². The second-order valence-corrected chi connectivity index (χ2v) is 7.41. The van der Waals surface area contributed by atoms with Crippen LogP contribution in [0.25, 0.3) is 22.3 Å². The van der Waals surface area contributed by atoms with E-state index in [9.17, 15) is 4.79 Å². The summed E-state index contributed by atoms with van der Waals surface area (Å²) in [7, 11) is 1.61. The van der Waals surface area contributed by atoms with Gasteiger partial charge in [-0.3, -0.25) is 9.78 Å². The Labute approximate surface area is 189 Å². The van der Waals surface area contributed by atoms with Crippen molar-refractivity contribution < 1.29 is 13.9 Å². The second kappa shape index (κ2) is 8.96. The number of para-hydroxylation sites is 1. The first kappa shape index (κ1) is 20.4. The number of carbonyl (C=O) groups is 1. The SMILES string of the molecule is COc1ccccc1CNC(=O)c1cc(-c2cccnc2)nc2c1cnn2Cc1ccco1. The maximum atomic E-state index is 13.3. The highest BCUT2D eigenvalue weighted by Crippen LogP contribution is 2.25. The first-order chi connectivity index (χ1) is 16.2. The number of nitrogens with one attached hydrogen (secondary N) is 1. The first-order valence-electron chi connectivity index (χ1n) is 10.4. The fourth-order valence-electron chi connectivity index (χ4n) is 3.68. The highest BCUT2D eigenvalue weighted by molar-refractivity contribution is 6.06. The van der Waals surface area contributed by atoms with E-state index in [0.29, 0.717) is 35.4 Å². The number of fused-ring (bicyclic) bond motifs is 1.